The van der Waals surface area contributed by atoms with Gasteiger partial charge in [-0.05, 0) is 28.0 Å². The van der Waals surface area contributed by atoms with Crippen molar-refractivity contribution in [3.63, 3.8) is 0 Å². The van der Waals surface area contributed by atoms with Crippen molar-refractivity contribution in [2.75, 3.05) is 0 Å². The smallest absolute Gasteiger partial charge is 0.160 e. The molecule has 0 atom stereocenters. The van der Waals surface area contributed by atoms with Crippen LogP contribution in [0.5, 0.6) is 0 Å². The molecule has 0 unspecified atom stereocenters. The molecule has 0 bridgehead atoms. The van der Waals surface area contributed by atoms with Crippen LogP contribution in [0.1, 0.15) is 0 Å². The van der Waals surface area contributed by atoms with Gasteiger partial charge in [-0.25, -0.2) is 9.97 Å². The lowest BCUT2D eigenvalue weighted by molar-refractivity contribution is 1.18. The average molecular weight is 435 g/mol. The molecule has 0 radical (unpaired) electrons. The number of aromatic nitrogens is 2. The van der Waals surface area contributed by atoms with Crippen molar-refractivity contribution < 1.29 is 0 Å². The van der Waals surface area contributed by atoms with E-state index in [-0.39, 0.29) is 0 Å². The number of rotatable bonds is 4. The van der Waals surface area contributed by atoms with Crippen molar-refractivity contribution in [2.45, 2.75) is 0 Å². The first-order valence-corrected chi connectivity index (χ1v) is 11.4. The van der Waals surface area contributed by atoms with Gasteiger partial charge in [-0.15, -0.1) is 0 Å². The Morgan fingerprint density at radius 3 is 1.56 bits per heavy atom. The molecule has 6 aromatic rings. The SMILES string of the molecule is c1ccc(-c2cc(-c3ccccc3)nc(-c3ccc(-c4cccc5ccccc45)cc3)n2)cc1. The zero-order valence-electron chi connectivity index (χ0n) is 18.6. The quantitative estimate of drug-likeness (QED) is 0.279. The Labute approximate surface area is 199 Å². The highest BCUT2D eigenvalue weighted by atomic mass is 14.9. The van der Waals surface area contributed by atoms with Gasteiger partial charge in [-0.1, -0.05) is 127 Å². The molecule has 160 valence electrons. The molecule has 34 heavy (non-hydrogen) atoms. The molecule has 0 saturated carbocycles. The van der Waals surface area contributed by atoms with E-state index in [1.54, 1.807) is 0 Å². The second-order valence-corrected chi connectivity index (χ2v) is 8.30. The average Bonchev–Trinajstić information content (AvgIpc) is 2.93. The standard InChI is InChI=1S/C32H22N2/c1-3-11-25(12-4-1)30-22-31(26-13-5-2-6-14-26)34-32(33-30)27-20-18-24(19-21-27)29-17-9-15-23-10-7-8-16-28(23)29/h1-22H. The van der Waals surface area contributed by atoms with Crippen molar-refractivity contribution in [3.8, 4) is 45.0 Å². The minimum atomic E-state index is 0.727. The number of hydrogen-bond donors (Lipinski definition) is 0. The summed E-state index contributed by atoms with van der Waals surface area (Å²) in [6.45, 7) is 0. The summed E-state index contributed by atoms with van der Waals surface area (Å²) in [5.41, 5.74) is 7.41. The Morgan fingerprint density at radius 2 is 0.912 bits per heavy atom. The van der Waals surface area contributed by atoms with Crippen LogP contribution in [0.3, 0.4) is 0 Å². The summed E-state index contributed by atoms with van der Waals surface area (Å²) in [7, 11) is 0. The Morgan fingerprint density at radius 1 is 0.382 bits per heavy atom. The van der Waals surface area contributed by atoms with E-state index in [9.17, 15) is 0 Å². The maximum absolute atomic E-state index is 4.94. The van der Waals surface area contributed by atoms with E-state index in [1.807, 2.05) is 36.4 Å². The molecule has 1 aromatic heterocycles. The van der Waals surface area contributed by atoms with Gasteiger partial charge in [0.15, 0.2) is 5.82 Å². The first-order valence-electron chi connectivity index (χ1n) is 11.4. The predicted octanol–water partition coefficient (Wildman–Crippen LogP) is 8.30. The number of nitrogens with zero attached hydrogens (tertiary/aromatic N) is 2. The van der Waals surface area contributed by atoms with Crippen LogP contribution in [0.25, 0.3) is 55.8 Å². The molecule has 0 amide bonds. The van der Waals surface area contributed by atoms with Gasteiger partial charge < -0.3 is 0 Å². The Hall–Kier alpha value is -4.56. The Balaban J connectivity index is 1.45. The third kappa shape index (κ3) is 3.87. The predicted molar refractivity (Wildman–Crippen MR) is 141 cm³/mol. The van der Waals surface area contributed by atoms with Crippen LogP contribution in [0.4, 0.5) is 0 Å². The maximum Gasteiger partial charge on any atom is 0.160 e. The molecule has 0 aliphatic rings. The van der Waals surface area contributed by atoms with Crippen molar-refractivity contribution in [1.82, 2.24) is 9.97 Å². The van der Waals surface area contributed by atoms with Gasteiger partial charge in [-0.3, -0.25) is 0 Å². The molecule has 0 N–H and O–H groups in total. The van der Waals surface area contributed by atoms with E-state index in [0.717, 1.165) is 33.9 Å². The molecular formula is C32H22N2. The fraction of sp³-hybridized carbons (Fsp3) is 0. The van der Waals surface area contributed by atoms with Crippen LogP contribution in [0.15, 0.2) is 133 Å². The van der Waals surface area contributed by atoms with Crippen molar-refractivity contribution in [3.05, 3.63) is 133 Å². The van der Waals surface area contributed by atoms with Crippen molar-refractivity contribution >= 4 is 10.8 Å². The largest absolute Gasteiger partial charge is 0.228 e. The minimum Gasteiger partial charge on any atom is -0.228 e. The summed E-state index contributed by atoms with van der Waals surface area (Å²) in [5, 5.41) is 2.50. The summed E-state index contributed by atoms with van der Waals surface area (Å²) in [4.78, 5) is 9.88. The van der Waals surface area contributed by atoms with Gasteiger partial charge in [0.2, 0.25) is 0 Å². The first-order chi connectivity index (χ1) is 16.8. The lowest BCUT2D eigenvalue weighted by Crippen LogP contribution is -1.96. The van der Waals surface area contributed by atoms with Gasteiger partial charge >= 0.3 is 0 Å². The summed E-state index contributed by atoms with van der Waals surface area (Å²) in [6, 6.07) is 46.1. The van der Waals surface area contributed by atoms with Gasteiger partial charge in [0.05, 0.1) is 11.4 Å². The van der Waals surface area contributed by atoms with E-state index in [0.29, 0.717) is 0 Å². The summed E-state index contributed by atoms with van der Waals surface area (Å²) < 4.78 is 0. The van der Waals surface area contributed by atoms with E-state index in [1.165, 1.54) is 21.9 Å². The summed E-state index contributed by atoms with van der Waals surface area (Å²) in [6.07, 6.45) is 0. The highest BCUT2D eigenvalue weighted by molar-refractivity contribution is 5.96. The fourth-order valence-electron chi connectivity index (χ4n) is 4.37. The van der Waals surface area contributed by atoms with Crippen molar-refractivity contribution in [2.24, 2.45) is 0 Å². The van der Waals surface area contributed by atoms with Crippen LogP contribution >= 0.6 is 0 Å². The van der Waals surface area contributed by atoms with E-state index in [4.69, 9.17) is 9.97 Å². The molecular weight excluding hydrogens is 412 g/mol. The van der Waals surface area contributed by atoms with E-state index >= 15 is 0 Å². The zero-order valence-corrected chi connectivity index (χ0v) is 18.6. The zero-order chi connectivity index (χ0) is 22.7. The highest BCUT2D eigenvalue weighted by Gasteiger charge is 2.11. The number of benzene rings is 5. The lowest BCUT2D eigenvalue weighted by Gasteiger charge is -2.11. The Kier molecular flexibility index (Phi) is 5.17. The monoisotopic (exact) mass is 434 g/mol. The molecule has 0 aliphatic heterocycles. The lowest BCUT2D eigenvalue weighted by atomic mass is 9.97. The molecule has 0 fully saturated rings. The van der Waals surface area contributed by atoms with Gasteiger partial charge in [-0.2, -0.15) is 0 Å². The first kappa shape index (κ1) is 20.1. The van der Waals surface area contributed by atoms with E-state index < -0.39 is 0 Å². The molecule has 2 heteroatoms. The molecule has 5 aromatic carbocycles. The highest BCUT2D eigenvalue weighted by Crippen LogP contribution is 2.31. The summed E-state index contributed by atoms with van der Waals surface area (Å²) in [5.74, 6) is 0.727. The topological polar surface area (TPSA) is 25.8 Å². The molecule has 6 rings (SSSR count). The van der Waals surface area contributed by atoms with Crippen LogP contribution in [-0.2, 0) is 0 Å². The molecule has 2 nitrogen and oxygen atoms in total. The maximum atomic E-state index is 4.94. The van der Waals surface area contributed by atoms with Gasteiger partial charge in [0.25, 0.3) is 0 Å². The van der Waals surface area contributed by atoms with E-state index in [2.05, 4.69) is 97.1 Å². The number of hydrogen-bond acceptors (Lipinski definition) is 2. The number of fused-ring (bicyclic) bond motifs is 1. The van der Waals surface area contributed by atoms with Crippen LogP contribution < -0.4 is 0 Å². The molecule has 0 saturated heterocycles. The second-order valence-electron chi connectivity index (χ2n) is 8.30. The van der Waals surface area contributed by atoms with Crippen LogP contribution in [0, 0.1) is 0 Å². The fourth-order valence-corrected chi connectivity index (χ4v) is 4.37. The minimum absolute atomic E-state index is 0.727. The molecule has 0 aliphatic carbocycles. The summed E-state index contributed by atoms with van der Waals surface area (Å²) >= 11 is 0. The van der Waals surface area contributed by atoms with Crippen LogP contribution in [-0.4, -0.2) is 9.97 Å². The van der Waals surface area contributed by atoms with Gasteiger partial charge in [0, 0.05) is 16.7 Å². The van der Waals surface area contributed by atoms with Crippen molar-refractivity contribution in [1.29, 1.82) is 0 Å². The van der Waals surface area contributed by atoms with Crippen LogP contribution in [0.2, 0.25) is 0 Å². The molecule has 1 heterocycles. The molecule has 0 spiro atoms. The third-order valence-electron chi connectivity index (χ3n) is 6.11. The van der Waals surface area contributed by atoms with Gasteiger partial charge in [0.1, 0.15) is 0 Å². The normalized spacial score (nSPS) is 10.9. The third-order valence-corrected chi connectivity index (χ3v) is 6.11. The second kappa shape index (κ2) is 8.76. The Bertz CT molecular complexity index is 1510.